The van der Waals surface area contributed by atoms with E-state index in [-0.39, 0.29) is 23.5 Å². The van der Waals surface area contributed by atoms with Gasteiger partial charge >= 0.3 is 0 Å². The van der Waals surface area contributed by atoms with Crippen molar-refractivity contribution in [1.29, 1.82) is 0 Å². The normalized spacial score (nSPS) is 18.4. The minimum atomic E-state index is -0.510. The number of amides is 1. The number of aromatic nitrogens is 4. The first-order valence-corrected chi connectivity index (χ1v) is 10.7. The summed E-state index contributed by atoms with van der Waals surface area (Å²) in [4.78, 5) is 18.8. The average molecular weight is 440 g/mol. The highest BCUT2D eigenvalue weighted by Gasteiger charge is 2.30. The zero-order valence-corrected chi connectivity index (χ0v) is 17.1. The van der Waals surface area contributed by atoms with Crippen molar-refractivity contribution in [2.75, 3.05) is 5.32 Å². The minimum Gasteiger partial charge on any atom is -0.357 e. The molecule has 0 spiro atoms. The summed E-state index contributed by atoms with van der Waals surface area (Å²) in [6.45, 7) is 0. The smallest absolute Gasteiger partial charge is 0.253 e. The molecule has 2 aromatic carbocycles. The first kappa shape index (κ1) is 19.6. The molecule has 1 unspecified atom stereocenters. The van der Waals surface area contributed by atoms with E-state index in [0.29, 0.717) is 10.8 Å². The van der Waals surface area contributed by atoms with Gasteiger partial charge in [-0.1, -0.05) is 11.3 Å². The number of benzene rings is 2. The maximum Gasteiger partial charge on any atom is 0.253 e. The zero-order chi connectivity index (χ0) is 21.4. The fourth-order valence-electron chi connectivity index (χ4n) is 3.88. The Balaban J connectivity index is 1.34. The van der Waals surface area contributed by atoms with Crippen molar-refractivity contribution in [3.63, 3.8) is 0 Å². The van der Waals surface area contributed by atoms with Crippen LogP contribution in [-0.4, -0.2) is 38.0 Å². The Morgan fingerprint density at radius 3 is 2.61 bits per heavy atom. The van der Waals surface area contributed by atoms with Gasteiger partial charge in [-0.3, -0.25) is 4.79 Å². The second kappa shape index (κ2) is 8.03. The van der Waals surface area contributed by atoms with E-state index in [9.17, 15) is 13.6 Å². The highest BCUT2D eigenvalue weighted by atomic mass is 32.1. The highest BCUT2D eigenvalue weighted by Crippen LogP contribution is 2.30. The molecule has 2 N–H and O–H groups in total. The Morgan fingerprint density at radius 1 is 1.03 bits per heavy atom. The van der Waals surface area contributed by atoms with Crippen LogP contribution >= 0.6 is 11.3 Å². The zero-order valence-electron chi connectivity index (χ0n) is 16.3. The number of halogens is 2. The third kappa shape index (κ3) is 3.98. The number of hydrogen-bond acceptors (Lipinski definition) is 6. The molecule has 0 radical (unpaired) electrons. The van der Waals surface area contributed by atoms with E-state index >= 15 is 0 Å². The lowest BCUT2D eigenvalue weighted by atomic mass is 10.1. The van der Waals surface area contributed by atoms with E-state index in [1.54, 1.807) is 6.07 Å². The van der Waals surface area contributed by atoms with Crippen molar-refractivity contribution in [2.24, 2.45) is 0 Å². The van der Waals surface area contributed by atoms with Gasteiger partial charge in [0.25, 0.3) is 5.91 Å². The molecule has 2 atom stereocenters. The minimum absolute atomic E-state index is 0.0332. The molecule has 1 aliphatic carbocycles. The molecule has 0 bridgehead atoms. The average Bonchev–Trinajstić information content (AvgIpc) is 3.49. The van der Waals surface area contributed by atoms with Crippen molar-refractivity contribution in [1.82, 2.24) is 25.3 Å². The van der Waals surface area contributed by atoms with Gasteiger partial charge in [0.15, 0.2) is 5.13 Å². The molecule has 7 nitrogen and oxygen atoms in total. The van der Waals surface area contributed by atoms with Crippen LogP contribution in [0.4, 0.5) is 13.9 Å². The van der Waals surface area contributed by atoms with Crippen LogP contribution in [0.15, 0.2) is 48.8 Å². The molecule has 158 valence electrons. The molecule has 0 saturated heterocycles. The predicted molar refractivity (Wildman–Crippen MR) is 113 cm³/mol. The van der Waals surface area contributed by atoms with Crippen molar-refractivity contribution >= 4 is 32.6 Å². The van der Waals surface area contributed by atoms with E-state index < -0.39 is 11.7 Å². The number of hydrogen-bond donors (Lipinski definition) is 2. The Labute approximate surface area is 180 Å². The third-order valence-electron chi connectivity index (χ3n) is 5.33. The van der Waals surface area contributed by atoms with E-state index in [1.165, 1.54) is 58.9 Å². The van der Waals surface area contributed by atoms with Gasteiger partial charge in [-0.2, -0.15) is 15.0 Å². The van der Waals surface area contributed by atoms with Gasteiger partial charge in [0.1, 0.15) is 11.6 Å². The number of nitrogens with one attached hydrogen (secondary N) is 2. The largest absolute Gasteiger partial charge is 0.357 e. The maximum absolute atomic E-state index is 13.9. The second-order valence-electron chi connectivity index (χ2n) is 7.37. The number of anilines is 1. The molecule has 31 heavy (non-hydrogen) atoms. The number of carbonyl (C=O) groups excluding carboxylic acids is 1. The van der Waals surface area contributed by atoms with Gasteiger partial charge in [-0.05, 0) is 55.7 Å². The molecule has 2 aromatic heterocycles. The van der Waals surface area contributed by atoms with Crippen molar-refractivity contribution < 1.29 is 13.6 Å². The summed E-state index contributed by atoms with van der Waals surface area (Å²) in [5.41, 5.74) is 1.29. The number of fused-ring (bicyclic) bond motifs is 1. The van der Waals surface area contributed by atoms with E-state index in [2.05, 4.69) is 25.8 Å². The lowest BCUT2D eigenvalue weighted by molar-refractivity contribution is 0.0935. The van der Waals surface area contributed by atoms with E-state index in [1.807, 2.05) is 0 Å². The summed E-state index contributed by atoms with van der Waals surface area (Å²) in [6, 6.07) is 8.24. The standard InChI is InChI=1S/C21H18F2N6OS/c22-12-5-7-18(29-24-8-9-25-29)14(10-12)20(30)26-15-2-1-3-16(15)27-21-28-17-6-4-13(23)11-19(17)31-21/h4-11,15-16H,1-3H2,(H,26,30)(H,27,28)/t15?,16-/m0/s1. The van der Waals surface area contributed by atoms with Gasteiger partial charge in [0.05, 0.1) is 33.9 Å². The Morgan fingerprint density at radius 2 is 1.77 bits per heavy atom. The molecule has 2 heterocycles. The second-order valence-corrected chi connectivity index (χ2v) is 8.40. The summed E-state index contributed by atoms with van der Waals surface area (Å²) >= 11 is 1.37. The van der Waals surface area contributed by atoms with Crippen molar-refractivity contribution in [3.05, 3.63) is 66.0 Å². The van der Waals surface area contributed by atoms with Gasteiger partial charge in [0, 0.05) is 12.1 Å². The maximum atomic E-state index is 13.9. The van der Waals surface area contributed by atoms with Crippen LogP contribution < -0.4 is 10.6 Å². The molecule has 1 aliphatic rings. The van der Waals surface area contributed by atoms with Gasteiger partial charge in [0.2, 0.25) is 0 Å². The lowest BCUT2D eigenvalue weighted by Gasteiger charge is -2.22. The van der Waals surface area contributed by atoms with Crippen LogP contribution in [0.25, 0.3) is 15.9 Å². The first-order chi connectivity index (χ1) is 15.1. The molecule has 1 fully saturated rings. The van der Waals surface area contributed by atoms with Crippen LogP contribution in [0.3, 0.4) is 0 Å². The highest BCUT2D eigenvalue weighted by molar-refractivity contribution is 7.22. The molecule has 1 saturated carbocycles. The van der Waals surface area contributed by atoms with Crippen LogP contribution in [0.1, 0.15) is 29.6 Å². The van der Waals surface area contributed by atoms with E-state index in [0.717, 1.165) is 29.5 Å². The first-order valence-electron chi connectivity index (χ1n) is 9.86. The molecule has 4 aromatic rings. The van der Waals surface area contributed by atoms with Crippen LogP contribution in [0, 0.1) is 11.6 Å². The topological polar surface area (TPSA) is 84.7 Å². The summed E-state index contributed by atoms with van der Waals surface area (Å²) in [7, 11) is 0. The summed E-state index contributed by atoms with van der Waals surface area (Å²) in [5, 5.41) is 15.2. The van der Waals surface area contributed by atoms with Crippen molar-refractivity contribution in [3.8, 4) is 5.69 Å². The lowest BCUT2D eigenvalue weighted by Crippen LogP contribution is -2.43. The summed E-state index contributed by atoms with van der Waals surface area (Å²) in [5.74, 6) is -1.20. The summed E-state index contributed by atoms with van der Waals surface area (Å²) in [6.07, 6.45) is 5.55. The molecule has 0 aliphatic heterocycles. The fraction of sp³-hybridized carbons (Fsp3) is 0.238. The molecule has 10 heteroatoms. The van der Waals surface area contributed by atoms with Crippen molar-refractivity contribution in [2.45, 2.75) is 31.3 Å². The third-order valence-corrected chi connectivity index (χ3v) is 6.28. The molecular formula is C21H18F2N6OS. The number of nitrogens with zero attached hydrogens (tertiary/aromatic N) is 4. The molecular weight excluding hydrogens is 422 g/mol. The predicted octanol–water partition coefficient (Wildman–Crippen LogP) is 3.92. The van der Waals surface area contributed by atoms with Crippen LogP contribution in [0.5, 0.6) is 0 Å². The van der Waals surface area contributed by atoms with Crippen LogP contribution in [0.2, 0.25) is 0 Å². The van der Waals surface area contributed by atoms with Crippen LogP contribution in [-0.2, 0) is 0 Å². The van der Waals surface area contributed by atoms with Gasteiger partial charge < -0.3 is 10.6 Å². The Bertz CT molecular complexity index is 1240. The fourth-order valence-corrected chi connectivity index (χ4v) is 4.83. The summed E-state index contributed by atoms with van der Waals surface area (Å²) < 4.78 is 28.1. The number of thiazole rings is 1. The molecule has 1 amide bonds. The van der Waals surface area contributed by atoms with Gasteiger partial charge in [-0.25, -0.2) is 13.8 Å². The number of carbonyl (C=O) groups is 1. The Hall–Kier alpha value is -3.40. The quantitative estimate of drug-likeness (QED) is 0.491. The Kier molecular flexibility index (Phi) is 5.06. The van der Waals surface area contributed by atoms with E-state index in [4.69, 9.17) is 0 Å². The van der Waals surface area contributed by atoms with Gasteiger partial charge in [-0.15, -0.1) is 0 Å². The monoisotopic (exact) mass is 440 g/mol. The molecule has 5 rings (SSSR count). The SMILES string of the molecule is O=C(NC1CCC[C@@H]1Nc1nc2ccc(F)cc2s1)c1cc(F)ccc1-n1nccn1. The number of rotatable bonds is 5.